The molecule has 0 fully saturated rings. The lowest BCUT2D eigenvalue weighted by molar-refractivity contribution is 0.245. The molecule has 0 aliphatic rings. The van der Waals surface area contributed by atoms with E-state index in [4.69, 9.17) is 4.52 Å². The first kappa shape index (κ1) is 16.1. The van der Waals surface area contributed by atoms with Crippen molar-refractivity contribution in [1.82, 2.24) is 24.8 Å². The fraction of sp³-hybridized carbons (Fsp3) is 0.267. The van der Waals surface area contributed by atoms with Gasteiger partial charge in [0.25, 0.3) is 0 Å². The molecule has 2 heterocycles. The third kappa shape index (κ3) is 3.57. The van der Waals surface area contributed by atoms with Crippen molar-refractivity contribution in [2.75, 3.05) is 5.32 Å². The largest absolute Gasteiger partial charge is 0.337 e. The lowest BCUT2D eigenvalue weighted by Crippen LogP contribution is -2.31. The van der Waals surface area contributed by atoms with Crippen molar-refractivity contribution < 1.29 is 9.32 Å². The maximum atomic E-state index is 12.0. The number of aromatic nitrogens is 4. The molecule has 0 radical (unpaired) electrons. The molecule has 8 nitrogen and oxygen atoms in total. The Morgan fingerprint density at radius 2 is 2.04 bits per heavy atom. The molecule has 9 heteroatoms. The van der Waals surface area contributed by atoms with E-state index in [9.17, 15) is 4.79 Å². The van der Waals surface area contributed by atoms with Gasteiger partial charge in [-0.25, -0.2) is 9.78 Å². The number of amides is 2. The van der Waals surface area contributed by atoms with Crippen molar-refractivity contribution in [3.63, 3.8) is 0 Å². The zero-order valence-electron chi connectivity index (χ0n) is 13.4. The van der Waals surface area contributed by atoms with Gasteiger partial charge < -0.3 is 9.84 Å². The molecule has 0 aliphatic carbocycles. The first-order valence-electron chi connectivity index (χ1n) is 7.30. The van der Waals surface area contributed by atoms with Crippen LogP contribution in [0.2, 0.25) is 0 Å². The Hall–Kier alpha value is -2.81. The highest BCUT2D eigenvalue weighted by Gasteiger charge is 2.18. The van der Waals surface area contributed by atoms with Crippen LogP contribution in [0.1, 0.15) is 30.2 Å². The van der Waals surface area contributed by atoms with Gasteiger partial charge in [0, 0.05) is 17.1 Å². The predicted molar refractivity (Wildman–Crippen MR) is 89.7 cm³/mol. The van der Waals surface area contributed by atoms with E-state index in [1.807, 2.05) is 31.2 Å². The van der Waals surface area contributed by atoms with Crippen LogP contribution in [0, 0.1) is 13.8 Å². The van der Waals surface area contributed by atoms with Crippen molar-refractivity contribution in [3.05, 3.63) is 41.5 Å². The molecule has 1 atom stereocenters. The molecule has 0 saturated heterocycles. The molecule has 1 aromatic carbocycles. The third-order valence-electron chi connectivity index (χ3n) is 3.29. The van der Waals surface area contributed by atoms with Gasteiger partial charge in [-0.05, 0) is 26.3 Å². The van der Waals surface area contributed by atoms with Gasteiger partial charge in [-0.2, -0.15) is 9.36 Å². The average Bonchev–Trinajstić information content (AvgIpc) is 3.17. The summed E-state index contributed by atoms with van der Waals surface area (Å²) in [6.45, 7) is 5.50. The molecule has 0 bridgehead atoms. The zero-order chi connectivity index (χ0) is 17.1. The van der Waals surface area contributed by atoms with Gasteiger partial charge in [0.2, 0.25) is 16.8 Å². The molecule has 2 N–H and O–H groups in total. The molecule has 1 unspecified atom stereocenters. The van der Waals surface area contributed by atoms with Crippen LogP contribution in [0.4, 0.5) is 9.93 Å². The van der Waals surface area contributed by atoms with Crippen LogP contribution in [-0.4, -0.2) is 25.5 Å². The van der Waals surface area contributed by atoms with Crippen molar-refractivity contribution in [3.8, 4) is 11.4 Å². The number of rotatable bonds is 4. The third-order valence-corrected chi connectivity index (χ3v) is 4.02. The molecule has 124 valence electrons. The standard InChI is InChI=1S/C15H16N6O2S/c1-8-6-4-5-7-11(8)12-18-13(23-20-12)9(2)16-14(22)19-15-17-10(3)21-24-15/h4-7,9H,1-3H3,(H2,16,17,19,21,22). The van der Waals surface area contributed by atoms with Gasteiger partial charge in [0.1, 0.15) is 11.9 Å². The average molecular weight is 344 g/mol. The molecule has 2 aromatic heterocycles. The van der Waals surface area contributed by atoms with E-state index in [2.05, 4.69) is 30.1 Å². The molecule has 3 aromatic rings. The Balaban J connectivity index is 1.66. The minimum absolute atomic E-state index is 0.330. The van der Waals surface area contributed by atoms with E-state index < -0.39 is 12.1 Å². The normalized spacial score (nSPS) is 12.0. The minimum atomic E-state index is -0.440. The number of aryl methyl sites for hydroxylation is 2. The number of urea groups is 1. The van der Waals surface area contributed by atoms with E-state index in [0.717, 1.165) is 22.7 Å². The maximum absolute atomic E-state index is 12.0. The van der Waals surface area contributed by atoms with Gasteiger partial charge in [-0.3, -0.25) is 5.32 Å². The minimum Gasteiger partial charge on any atom is -0.337 e. The summed E-state index contributed by atoms with van der Waals surface area (Å²) >= 11 is 1.12. The number of nitrogens with zero attached hydrogens (tertiary/aromatic N) is 4. The van der Waals surface area contributed by atoms with Crippen LogP contribution < -0.4 is 10.6 Å². The molecule has 2 amide bonds. The monoisotopic (exact) mass is 344 g/mol. The van der Waals surface area contributed by atoms with E-state index in [1.165, 1.54) is 0 Å². The van der Waals surface area contributed by atoms with Gasteiger partial charge in [-0.15, -0.1) is 0 Å². The first-order chi connectivity index (χ1) is 11.5. The van der Waals surface area contributed by atoms with Crippen molar-refractivity contribution in [2.45, 2.75) is 26.8 Å². The number of carbonyl (C=O) groups is 1. The van der Waals surface area contributed by atoms with Gasteiger partial charge in [0.05, 0.1) is 0 Å². The quantitative estimate of drug-likeness (QED) is 0.753. The zero-order valence-corrected chi connectivity index (χ0v) is 14.2. The van der Waals surface area contributed by atoms with Crippen LogP contribution in [0.5, 0.6) is 0 Å². The fourth-order valence-electron chi connectivity index (χ4n) is 2.08. The van der Waals surface area contributed by atoms with E-state index >= 15 is 0 Å². The lowest BCUT2D eigenvalue weighted by atomic mass is 10.1. The number of nitrogens with one attached hydrogen (secondary N) is 2. The summed E-state index contributed by atoms with van der Waals surface area (Å²) in [4.78, 5) is 20.4. The lowest BCUT2D eigenvalue weighted by Gasteiger charge is -2.09. The Morgan fingerprint density at radius 3 is 2.75 bits per heavy atom. The summed E-state index contributed by atoms with van der Waals surface area (Å²) in [6.07, 6.45) is 0. The number of hydrogen-bond acceptors (Lipinski definition) is 7. The van der Waals surface area contributed by atoms with Crippen LogP contribution in [-0.2, 0) is 0 Å². The Labute approximate surface area is 142 Å². The number of hydrogen-bond donors (Lipinski definition) is 2. The highest BCUT2D eigenvalue weighted by Crippen LogP contribution is 2.21. The maximum Gasteiger partial charge on any atom is 0.321 e. The molecular weight excluding hydrogens is 328 g/mol. The molecule has 3 rings (SSSR count). The topological polar surface area (TPSA) is 106 Å². The van der Waals surface area contributed by atoms with E-state index in [0.29, 0.717) is 22.7 Å². The van der Waals surface area contributed by atoms with Crippen molar-refractivity contribution >= 4 is 22.7 Å². The summed E-state index contributed by atoms with van der Waals surface area (Å²) in [7, 11) is 0. The van der Waals surface area contributed by atoms with Crippen LogP contribution in [0.3, 0.4) is 0 Å². The second kappa shape index (κ2) is 6.75. The molecule has 24 heavy (non-hydrogen) atoms. The Bertz CT molecular complexity index is 859. The second-order valence-electron chi connectivity index (χ2n) is 5.24. The predicted octanol–water partition coefficient (Wildman–Crippen LogP) is 3.09. The smallest absolute Gasteiger partial charge is 0.321 e. The first-order valence-corrected chi connectivity index (χ1v) is 8.07. The van der Waals surface area contributed by atoms with Crippen LogP contribution in [0.25, 0.3) is 11.4 Å². The van der Waals surface area contributed by atoms with E-state index in [1.54, 1.807) is 13.8 Å². The van der Waals surface area contributed by atoms with Crippen molar-refractivity contribution in [1.29, 1.82) is 0 Å². The van der Waals surface area contributed by atoms with Crippen molar-refractivity contribution in [2.24, 2.45) is 0 Å². The Kier molecular flexibility index (Phi) is 4.52. The summed E-state index contributed by atoms with van der Waals surface area (Å²) in [5, 5.41) is 9.76. The fourth-order valence-corrected chi connectivity index (χ4v) is 2.65. The molecule has 0 aliphatic heterocycles. The Morgan fingerprint density at radius 1 is 1.25 bits per heavy atom. The second-order valence-corrected chi connectivity index (χ2v) is 5.99. The van der Waals surface area contributed by atoms with E-state index in [-0.39, 0.29) is 0 Å². The summed E-state index contributed by atoms with van der Waals surface area (Å²) in [6, 6.07) is 6.91. The molecular formula is C15H16N6O2S. The summed E-state index contributed by atoms with van der Waals surface area (Å²) < 4.78 is 9.26. The van der Waals surface area contributed by atoms with Gasteiger partial charge >= 0.3 is 6.03 Å². The number of benzene rings is 1. The summed E-state index contributed by atoms with van der Waals surface area (Å²) in [5.41, 5.74) is 1.95. The number of anilines is 1. The molecule has 0 saturated carbocycles. The highest BCUT2D eigenvalue weighted by atomic mass is 32.1. The number of carbonyl (C=O) groups excluding carboxylic acids is 1. The molecule has 0 spiro atoms. The SMILES string of the molecule is Cc1nsc(NC(=O)NC(C)c2nc(-c3ccccc3C)no2)n1. The summed E-state index contributed by atoms with van der Waals surface area (Å²) in [5.74, 6) is 1.44. The van der Waals surface area contributed by atoms with Crippen LogP contribution in [0.15, 0.2) is 28.8 Å². The highest BCUT2D eigenvalue weighted by molar-refractivity contribution is 7.09. The van der Waals surface area contributed by atoms with Gasteiger partial charge in [-0.1, -0.05) is 29.4 Å². The van der Waals surface area contributed by atoms with Crippen LogP contribution >= 0.6 is 11.5 Å². The van der Waals surface area contributed by atoms with Gasteiger partial charge in [0.15, 0.2) is 0 Å².